The number of fused-ring (bicyclic) bond motifs is 1. The van der Waals surface area contributed by atoms with Crippen molar-refractivity contribution >= 4 is 19.0 Å². The van der Waals surface area contributed by atoms with E-state index in [0.717, 1.165) is 5.56 Å². The molecule has 0 N–H and O–H groups in total. The Kier molecular flexibility index (Phi) is 5.32. The van der Waals surface area contributed by atoms with E-state index in [2.05, 4.69) is 101 Å². The molecule has 2 aromatic rings. The zero-order valence-electron chi connectivity index (χ0n) is 15.6. The van der Waals surface area contributed by atoms with E-state index >= 15 is 0 Å². The highest BCUT2D eigenvalue weighted by atomic mass is 28.3. The molecule has 0 atom stereocenters. The lowest BCUT2D eigenvalue weighted by Gasteiger charge is -2.38. The zero-order valence-corrected chi connectivity index (χ0v) is 16.6. The third kappa shape index (κ3) is 3.35. The van der Waals surface area contributed by atoms with Gasteiger partial charge in [0.1, 0.15) is 15.1 Å². The van der Waals surface area contributed by atoms with Crippen LogP contribution in [0.15, 0.2) is 36.5 Å². The summed E-state index contributed by atoms with van der Waals surface area (Å²) in [5.74, 6) is 3.55. The molecule has 0 amide bonds. The number of pyridine rings is 1. The maximum absolute atomic E-state index is 3.82. The summed E-state index contributed by atoms with van der Waals surface area (Å²) in [6.07, 6.45) is 2.16. The molecule has 1 aromatic carbocycles. The van der Waals surface area contributed by atoms with Gasteiger partial charge in [0.25, 0.3) is 0 Å². The minimum Gasteiger partial charge on any atom is -0.200 e. The molecule has 0 saturated carbocycles. The topological polar surface area (TPSA) is 3.88 Å². The molecule has 122 valence electrons. The van der Waals surface area contributed by atoms with Gasteiger partial charge in [-0.05, 0) is 28.8 Å². The number of nitrogens with zero attached hydrogens (tertiary/aromatic N) is 1. The van der Waals surface area contributed by atoms with Gasteiger partial charge >= 0.3 is 0 Å². The second-order valence-electron chi connectivity index (χ2n) is 7.55. The number of hydrogen-bond donors (Lipinski definition) is 0. The minimum atomic E-state index is -1.67. The van der Waals surface area contributed by atoms with Crippen LogP contribution in [-0.2, 0) is 7.05 Å². The lowest BCUT2D eigenvalue weighted by molar-refractivity contribution is -0.645. The summed E-state index contributed by atoms with van der Waals surface area (Å²) >= 11 is 0. The molecule has 0 fully saturated rings. The van der Waals surface area contributed by atoms with Crippen LogP contribution in [0.2, 0.25) is 16.6 Å². The predicted octanol–water partition coefficient (Wildman–Crippen LogP) is 5.23. The van der Waals surface area contributed by atoms with Gasteiger partial charge in [0.05, 0.1) is 5.56 Å². The van der Waals surface area contributed by atoms with Crippen LogP contribution in [0.4, 0.5) is 0 Å². The molecular formula is C21H30NSi+. The lowest BCUT2D eigenvalue weighted by Crippen LogP contribution is -2.43. The SMILES string of the molecule is CC(C)[Si](C#Cc1cc2ccccc2[n+](C)c1)(C(C)C)C(C)C. The van der Waals surface area contributed by atoms with Gasteiger partial charge < -0.3 is 0 Å². The molecule has 0 aliphatic rings. The normalized spacial score (nSPS) is 12.1. The first-order chi connectivity index (χ1) is 10.8. The maximum atomic E-state index is 3.82. The molecule has 0 bridgehead atoms. The van der Waals surface area contributed by atoms with Crippen molar-refractivity contribution in [1.29, 1.82) is 0 Å². The first kappa shape index (κ1) is 17.8. The van der Waals surface area contributed by atoms with Crippen LogP contribution in [0.3, 0.4) is 0 Å². The standard InChI is InChI=1S/C21H30NSi/c1-16(2)23(17(3)4,18(5)6)13-12-19-14-20-10-8-9-11-21(20)22(7)15-19/h8-11,14-18H,1-7H3/q+1. The van der Waals surface area contributed by atoms with Gasteiger partial charge in [-0.2, -0.15) is 4.57 Å². The Morgan fingerprint density at radius 3 is 2.04 bits per heavy atom. The fraction of sp³-hybridized carbons (Fsp3) is 0.476. The van der Waals surface area contributed by atoms with Gasteiger partial charge in [-0.15, -0.1) is 5.54 Å². The quantitative estimate of drug-likeness (QED) is 0.413. The predicted molar refractivity (Wildman–Crippen MR) is 103 cm³/mol. The molecule has 0 saturated heterocycles. The molecule has 2 heteroatoms. The summed E-state index contributed by atoms with van der Waals surface area (Å²) in [7, 11) is 0.437. The molecule has 0 spiro atoms. The number of para-hydroxylation sites is 1. The fourth-order valence-corrected chi connectivity index (χ4v) is 9.32. The first-order valence-electron chi connectivity index (χ1n) is 8.70. The summed E-state index contributed by atoms with van der Waals surface area (Å²) in [6.45, 7) is 14.2. The van der Waals surface area contributed by atoms with Gasteiger partial charge in [0.2, 0.25) is 5.52 Å². The van der Waals surface area contributed by atoms with Crippen molar-refractivity contribution in [1.82, 2.24) is 0 Å². The Hall–Kier alpha value is -1.59. The lowest BCUT2D eigenvalue weighted by atomic mass is 10.1. The van der Waals surface area contributed by atoms with Crippen LogP contribution in [0, 0.1) is 11.5 Å². The zero-order chi connectivity index (χ0) is 17.2. The van der Waals surface area contributed by atoms with E-state index < -0.39 is 8.07 Å². The van der Waals surface area contributed by atoms with Crippen LogP contribution in [0.1, 0.15) is 47.1 Å². The van der Waals surface area contributed by atoms with E-state index in [4.69, 9.17) is 0 Å². The number of aromatic nitrogens is 1. The summed E-state index contributed by atoms with van der Waals surface area (Å²) in [4.78, 5) is 0. The van der Waals surface area contributed by atoms with Gasteiger partial charge in [-0.25, -0.2) is 0 Å². The molecule has 0 radical (unpaired) electrons. The smallest absolute Gasteiger partial charge is 0.200 e. The molecule has 23 heavy (non-hydrogen) atoms. The van der Waals surface area contributed by atoms with Crippen LogP contribution in [0.25, 0.3) is 10.9 Å². The maximum Gasteiger partial charge on any atom is 0.212 e. The summed E-state index contributed by atoms with van der Waals surface area (Å²) in [5, 5.41) is 1.26. The van der Waals surface area contributed by atoms with Crippen molar-refractivity contribution in [3.8, 4) is 11.5 Å². The molecular weight excluding hydrogens is 294 g/mol. The fourth-order valence-electron chi connectivity index (χ4n) is 4.10. The van der Waals surface area contributed by atoms with Gasteiger partial charge in [-0.3, -0.25) is 0 Å². The van der Waals surface area contributed by atoms with Crippen molar-refractivity contribution in [2.24, 2.45) is 7.05 Å². The highest BCUT2D eigenvalue weighted by molar-refractivity contribution is 6.90. The Morgan fingerprint density at radius 1 is 0.913 bits per heavy atom. The molecule has 1 aromatic heterocycles. The Bertz CT molecular complexity index is 725. The molecule has 1 heterocycles. The van der Waals surface area contributed by atoms with E-state index in [-0.39, 0.29) is 0 Å². The average molecular weight is 325 g/mol. The van der Waals surface area contributed by atoms with Crippen LogP contribution in [0.5, 0.6) is 0 Å². The van der Waals surface area contributed by atoms with Crippen LogP contribution >= 0.6 is 0 Å². The first-order valence-corrected chi connectivity index (χ1v) is 10.9. The van der Waals surface area contributed by atoms with Crippen molar-refractivity contribution in [3.05, 3.63) is 42.1 Å². The number of benzene rings is 1. The summed E-state index contributed by atoms with van der Waals surface area (Å²) in [5.41, 5.74) is 8.20. The Balaban J connectivity index is 2.55. The number of hydrogen-bond acceptors (Lipinski definition) is 0. The van der Waals surface area contributed by atoms with E-state index in [9.17, 15) is 0 Å². The third-order valence-corrected chi connectivity index (χ3v) is 11.5. The van der Waals surface area contributed by atoms with Gasteiger partial charge in [0, 0.05) is 11.5 Å². The Morgan fingerprint density at radius 2 is 1.48 bits per heavy atom. The number of aryl methyl sites for hydroxylation is 1. The summed E-state index contributed by atoms with van der Waals surface area (Å²) in [6, 6.07) is 10.7. The monoisotopic (exact) mass is 324 g/mol. The third-order valence-electron chi connectivity index (χ3n) is 5.25. The van der Waals surface area contributed by atoms with Crippen molar-refractivity contribution in [3.63, 3.8) is 0 Å². The van der Waals surface area contributed by atoms with Crippen molar-refractivity contribution in [2.75, 3.05) is 0 Å². The summed E-state index contributed by atoms with van der Waals surface area (Å²) < 4.78 is 2.18. The highest BCUT2D eigenvalue weighted by Crippen LogP contribution is 2.40. The highest BCUT2D eigenvalue weighted by Gasteiger charge is 2.41. The molecule has 0 aliphatic heterocycles. The molecule has 1 nitrogen and oxygen atoms in total. The van der Waals surface area contributed by atoms with E-state index in [1.807, 2.05) is 0 Å². The van der Waals surface area contributed by atoms with Crippen molar-refractivity contribution < 1.29 is 4.57 Å². The average Bonchev–Trinajstić information content (AvgIpc) is 2.46. The Labute approximate surface area is 142 Å². The number of rotatable bonds is 3. The van der Waals surface area contributed by atoms with E-state index in [0.29, 0.717) is 16.6 Å². The van der Waals surface area contributed by atoms with Crippen LogP contribution < -0.4 is 4.57 Å². The minimum absolute atomic E-state index is 0.671. The van der Waals surface area contributed by atoms with E-state index in [1.54, 1.807) is 0 Å². The van der Waals surface area contributed by atoms with Gasteiger partial charge in [-0.1, -0.05) is 59.6 Å². The largest absolute Gasteiger partial charge is 0.212 e. The molecule has 0 aliphatic carbocycles. The second-order valence-corrected chi connectivity index (χ2v) is 13.1. The second kappa shape index (κ2) is 6.89. The van der Waals surface area contributed by atoms with E-state index in [1.165, 1.54) is 10.9 Å². The molecule has 0 unspecified atom stereocenters. The van der Waals surface area contributed by atoms with Crippen LogP contribution in [-0.4, -0.2) is 8.07 Å². The van der Waals surface area contributed by atoms with Crippen molar-refractivity contribution in [2.45, 2.75) is 58.2 Å². The molecule has 2 rings (SSSR count). The van der Waals surface area contributed by atoms with Gasteiger partial charge in [0.15, 0.2) is 6.20 Å².